The zero-order chi connectivity index (χ0) is 12.1. The second kappa shape index (κ2) is 6.38. The van der Waals surface area contributed by atoms with Crippen LogP contribution in [-0.4, -0.2) is 45.8 Å². The lowest BCUT2D eigenvalue weighted by molar-refractivity contribution is 0.194. The van der Waals surface area contributed by atoms with Crippen molar-refractivity contribution in [1.29, 1.82) is 0 Å². The van der Waals surface area contributed by atoms with Crippen LogP contribution in [0.5, 0.6) is 0 Å². The van der Waals surface area contributed by atoms with Crippen molar-refractivity contribution in [2.24, 2.45) is 0 Å². The highest BCUT2D eigenvalue weighted by Gasteiger charge is 2.22. The SMILES string of the molecule is O=C(NC1CCS(=O)CC1)N1CCCCCC1. The van der Waals surface area contributed by atoms with Gasteiger partial charge >= 0.3 is 6.03 Å². The Morgan fingerprint density at radius 1 is 1.06 bits per heavy atom. The molecular weight excluding hydrogens is 236 g/mol. The number of carbonyl (C=O) groups is 1. The quantitative estimate of drug-likeness (QED) is 0.774. The summed E-state index contributed by atoms with van der Waals surface area (Å²) in [6.45, 7) is 1.79. The first kappa shape index (κ1) is 12.9. The number of nitrogens with one attached hydrogen (secondary N) is 1. The topological polar surface area (TPSA) is 49.4 Å². The molecule has 0 atom stereocenters. The molecule has 0 aromatic heterocycles. The van der Waals surface area contributed by atoms with Gasteiger partial charge in [0.15, 0.2) is 0 Å². The minimum atomic E-state index is -0.648. The average Bonchev–Trinajstić information content (AvgIpc) is 2.61. The maximum atomic E-state index is 12.0. The molecular formula is C12H22N2O2S. The number of nitrogens with zero attached hydrogens (tertiary/aromatic N) is 1. The Bertz CT molecular complexity index is 278. The summed E-state index contributed by atoms with van der Waals surface area (Å²) in [5, 5.41) is 3.09. The molecule has 17 heavy (non-hydrogen) atoms. The summed E-state index contributed by atoms with van der Waals surface area (Å²) in [4.78, 5) is 14.0. The van der Waals surface area contributed by atoms with Gasteiger partial charge in [-0.25, -0.2) is 4.79 Å². The van der Waals surface area contributed by atoms with Gasteiger partial charge in [-0.1, -0.05) is 12.8 Å². The highest BCUT2D eigenvalue weighted by atomic mass is 32.2. The Hall–Kier alpha value is -0.580. The van der Waals surface area contributed by atoms with Crippen molar-refractivity contribution in [3.05, 3.63) is 0 Å². The zero-order valence-corrected chi connectivity index (χ0v) is 11.1. The van der Waals surface area contributed by atoms with Gasteiger partial charge < -0.3 is 10.2 Å². The van der Waals surface area contributed by atoms with E-state index in [1.54, 1.807) is 0 Å². The van der Waals surface area contributed by atoms with E-state index in [0.717, 1.165) is 50.3 Å². The van der Waals surface area contributed by atoms with Crippen LogP contribution in [0.3, 0.4) is 0 Å². The third-order valence-corrected chi connectivity index (χ3v) is 4.99. The number of carbonyl (C=O) groups excluding carboxylic acids is 1. The van der Waals surface area contributed by atoms with E-state index in [2.05, 4.69) is 5.32 Å². The molecule has 2 amide bonds. The molecule has 2 rings (SSSR count). The fourth-order valence-electron chi connectivity index (χ4n) is 2.48. The van der Waals surface area contributed by atoms with Crippen LogP contribution in [0.1, 0.15) is 38.5 Å². The molecule has 0 aliphatic carbocycles. The molecule has 2 aliphatic heterocycles. The minimum absolute atomic E-state index is 0.0876. The third-order valence-electron chi connectivity index (χ3n) is 3.61. The van der Waals surface area contributed by atoms with Gasteiger partial charge in [0.05, 0.1) is 0 Å². The number of rotatable bonds is 1. The summed E-state index contributed by atoms with van der Waals surface area (Å²) in [6, 6.07) is 0.327. The summed E-state index contributed by atoms with van der Waals surface area (Å²) in [6.07, 6.45) is 6.47. The first-order valence-corrected chi connectivity index (χ1v) is 8.15. The Kier molecular flexibility index (Phi) is 4.83. The van der Waals surface area contributed by atoms with Crippen molar-refractivity contribution in [1.82, 2.24) is 10.2 Å². The van der Waals surface area contributed by atoms with E-state index >= 15 is 0 Å². The van der Waals surface area contributed by atoms with Gasteiger partial charge in [-0.2, -0.15) is 0 Å². The lowest BCUT2D eigenvalue weighted by atomic mass is 10.1. The highest BCUT2D eigenvalue weighted by molar-refractivity contribution is 7.85. The Morgan fingerprint density at radius 3 is 2.24 bits per heavy atom. The lowest BCUT2D eigenvalue weighted by Gasteiger charge is -2.27. The number of urea groups is 1. The minimum Gasteiger partial charge on any atom is -0.335 e. The van der Waals surface area contributed by atoms with E-state index in [9.17, 15) is 9.00 Å². The van der Waals surface area contributed by atoms with Crippen molar-refractivity contribution in [2.45, 2.75) is 44.6 Å². The van der Waals surface area contributed by atoms with Crippen molar-refractivity contribution < 1.29 is 9.00 Å². The monoisotopic (exact) mass is 258 g/mol. The molecule has 2 fully saturated rings. The number of amides is 2. The summed E-state index contributed by atoms with van der Waals surface area (Å²) < 4.78 is 11.2. The maximum Gasteiger partial charge on any atom is 0.317 e. The van der Waals surface area contributed by atoms with E-state index in [-0.39, 0.29) is 12.1 Å². The van der Waals surface area contributed by atoms with Gasteiger partial charge in [-0.05, 0) is 25.7 Å². The fourth-order valence-corrected chi connectivity index (χ4v) is 3.78. The molecule has 2 aliphatic rings. The molecule has 98 valence electrons. The van der Waals surface area contributed by atoms with Crippen molar-refractivity contribution >= 4 is 16.8 Å². The van der Waals surface area contributed by atoms with E-state index in [4.69, 9.17) is 0 Å². The molecule has 4 nitrogen and oxygen atoms in total. The normalized spacial score (nSPS) is 30.7. The zero-order valence-electron chi connectivity index (χ0n) is 10.3. The van der Waals surface area contributed by atoms with Gasteiger partial charge in [0.2, 0.25) is 0 Å². The molecule has 0 aromatic rings. The van der Waals surface area contributed by atoms with Crippen LogP contribution in [0.2, 0.25) is 0 Å². The summed E-state index contributed by atoms with van der Waals surface area (Å²) in [5.41, 5.74) is 0. The van der Waals surface area contributed by atoms with Crippen molar-refractivity contribution in [2.75, 3.05) is 24.6 Å². The van der Waals surface area contributed by atoms with Gasteiger partial charge in [-0.3, -0.25) is 4.21 Å². The first-order valence-electron chi connectivity index (χ1n) is 6.66. The van der Waals surface area contributed by atoms with Gasteiger partial charge in [0.1, 0.15) is 0 Å². The van der Waals surface area contributed by atoms with Crippen LogP contribution in [-0.2, 0) is 10.8 Å². The Balaban J connectivity index is 1.77. The predicted octanol–water partition coefficient (Wildman–Crippen LogP) is 1.48. The average molecular weight is 258 g/mol. The van der Waals surface area contributed by atoms with Crippen LogP contribution in [0.15, 0.2) is 0 Å². The molecule has 0 unspecified atom stereocenters. The first-order chi connectivity index (χ1) is 8.25. The number of hydrogen-bond donors (Lipinski definition) is 1. The van der Waals surface area contributed by atoms with E-state index in [1.165, 1.54) is 12.8 Å². The van der Waals surface area contributed by atoms with Crippen LogP contribution in [0.25, 0.3) is 0 Å². The molecule has 2 saturated heterocycles. The molecule has 0 bridgehead atoms. The molecule has 0 spiro atoms. The predicted molar refractivity (Wildman–Crippen MR) is 69.5 cm³/mol. The maximum absolute atomic E-state index is 12.0. The van der Waals surface area contributed by atoms with E-state index in [1.807, 2.05) is 4.90 Å². The van der Waals surface area contributed by atoms with Gasteiger partial charge in [-0.15, -0.1) is 0 Å². The number of likely N-dealkylation sites (tertiary alicyclic amines) is 1. The number of hydrogen-bond acceptors (Lipinski definition) is 2. The third kappa shape index (κ3) is 3.98. The molecule has 1 N–H and O–H groups in total. The van der Waals surface area contributed by atoms with Crippen LogP contribution < -0.4 is 5.32 Å². The highest BCUT2D eigenvalue weighted by Crippen LogP contribution is 2.12. The summed E-state index contributed by atoms with van der Waals surface area (Å²) >= 11 is 0. The molecule has 0 radical (unpaired) electrons. The Morgan fingerprint density at radius 2 is 1.65 bits per heavy atom. The second-order valence-electron chi connectivity index (χ2n) is 4.97. The van der Waals surface area contributed by atoms with E-state index in [0.29, 0.717) is 0 Å². The lowest BCUT2D eigenvalue weighted by Crippen LogP contribution is -2.47. The fraction of sp³-hybridized carbons (Fsp3) is 0.917. The Labute approximate surface area is 106 Å². The van der Waals surface area contributed by atoms with Crippen LogP contribution in [0.4, 0.5) is 4.79 Å². The molecule has 5 heteroatoms. The second-order valence-corrected chi connectivity index (χ2v) is 6.67. The van der Waals surface area contributed by atoms with E-state index < -0.39 is 10.8 Å². The largest absolute Gasteiger partial charge is 0.335 e. The standard InChI is InChI=1S/C12H22N2O2S/c15-12(14-7-3-1-2-4-8-14)13-11-5-9-17(16)10-6-11/h11H,1-10H2,(H,13,15). The van der Waals surface area contributed by atoms with Gasteiger partial charge in [0.25, 0.3) is 0 Å². The molecule has 0 aromatic carbocycles. The van der Waals surface area contributed by atoms with Crippen molar-refractivity contribution in [3.8, 4) is 0 Å². The summed E-state index contributed by atoms with van der Waals surface area (Å²) in [5.74, 6) is 1.48. The molecule has 2 heterocycles. The summed E-state index contributed by atoms with van der Waals surface area (Å²) in [7, 11) is -0.648. The van der Waals surface area contributed by atoms with Crippen LogP contribution in [0, 0.1) is 0 Å². The smallest absolute Gasteiger partial charge is 0.317 e. The van der Waals surface area contributed by atoms with Gasteiger partial charge in [0, 0.05) is 41.4 Å². The van der Waals surface area contributed by atoms with Crippen LogP contribution >= 0.6 is 0 Å². The molecule has 0 saturated carbocycles. The van der Waals surface area contributed by atoms with Crippen molar-refractivity contribution in [3.63, 3.8) is 0 Å².